The van der Waals surface area contributed by atoms with Crippen LogP contribution in [0, 0.1) is 12.8 Å². The molecule has 1 N–H and O–H groups in total. The first kappa shape index (κ1) is 24.7. The van der Waals surface area contributed by atoms with Gasteiger partial charge < -0.3 is 14.3 Å². The zero-order valence-electron chi connectivity index (χ0n) is 18.6. The van der Waals surface area contributed by atoms with Gasteiger partial charge in [-0.3, -0.25) is 4.79 Å². The number of halogens is 3. The lowest BCUT2D eigenvalue weighted by atomic mass is 9.97. The van der Waals surface area contributed by atoms with Gasteiger partial charge in [-0.05, 0) is 68.3 Å². The minimum atomic E-state index is -4.46. The third kappa shape index (κ3) is 5.49. The second kappa shape index (κ2) is 9.70. The molecule has 0 saturated carbocycles. The van der Waals surface area contributed by atoms with Gasteiger partial charge in [-0.2, -0.15) is 17.5 Å². The van der Waals surface area contributed by atoms with Crippen molar-refractivity contribution in [2.75, 3.05) is 18.4 Å². The Morgan fingerprint density at radius 3 is 2.43 bits per heavy atom. The number of alkyl halides is 3. The van der Waals surface area contributed by atoms with Crippen LogP contribution in [0.2, 0.25) is 0 Å². The number of hydrogen-bond donors (Lipinski definition) is 1. The van der Waals surface area contributed by atoms with Gasteiger partial charge >= 0.3 is 6.18 Å². The molecular weight excluding hydrogens is 487 g/mol. The van der Waals surface area contributed by atoms with Crippen molar-refractivity contribution in [1.82, 2.24) is 9.46 Å². The lowest BCUT2D eigenvalue weighted by Gasteiger charge is -2.30. The van der Waals surface area contributed by atoms with Gasteiger partial charge in [-0.15, -0.1) is 0 Å². The monoisotopic (exact) mass is 509 g/mol. The summed E-state index contributed by atoms with van der Waals surface area (Å²) in [6.07, 6.45) is 0.576. The second-order valence-electron chi connectivity index (χ2n) is 8.05. The Kier molecular flexibility index (Phi) is 6.86. The molecule has 35 heavy (non-hydrogen) atoms. The SMILES string of the molecule is Cc1noc(/C=C/c2ccco2)c1S(=O)(=O)N1CCC(C(=O)Nc2ccc(C(F)(F)F)cc2)CC1. The number of carbonyl (C=O) groups is 1. The van der Waals surface area contributed by atoms with E-state index in [9.17, 15) is 26.4 Å². The lowest BCUT2D eigenvalue weighted by molar-refractivity contribution is -0.137. The van der Waals surface area contributed by atoms with E-state index < -0.39 is 27.7 Å². The molecule has 1 fully saturated rings. The van der Waals surface area contributed by atoms with Crippen molar-refractivity contribution in [2.24, 2.45) is 5.92 Å². The number of furan rings is 1. The number of sulfonamides is 1. The number of carbonyl (C=O) groups excluding carboxylic acids is 1. The number of nitrogens with zero attached hydrogens (tertiary/aromatic N) is 2. The molecule has 186 valence electrons. The quantitative estimate of drug-likeness (QED) is 0.512. The number of rotatable bonds is 6. The molecule has 0 bridgehead atoms. The highest BCUT2D eigenvalue weighted by Crippen LogP contribution is 2.31. The Balaban J connectivity index is 1.40. The van der Waals surface area contributed by atoms with E-state index in [1.807, 2.05) is 0 Å². The molecule has 0 unspecified atom stereocenters. The minimum Gasteiger partial charge on any atom is -0.465 e. The first-order chi connectivity index (χ1) is 16.6. The van der Waals surface area contributed by atoms with E-state index in [1.54, 1.807) is 18.2 Å². The maximum atomic E-state index is 13.3. The molecule has 12 heteroatoms. The average molecular weight is 510 g/mol. The van der Waals surface area contributed by atoms with Crippen LogP contribution < -0.4 is 5.32 Å². The topological polar surface area (TPSA) is 106 Å². The van der Waals surface area contributed by atoms with E-state index >= 15 is 0 Å². The van der Waals surface area contributed by atoms with Gasteiger partial charge in [-0.25, -0.2) is 8.42 Å². The molecule has 1 amide bonds. The maximum absolute atomic E-state index is 13.3. The van der Waals surface area contributed by atoms with E-state index in [2.05, 4.69) is 10.5 Å². The van der Waals surface area contributed by atoms with Crippen LogP contribution in [-0.4, -0.2) is 36.9 Å². The molecule has 4 rings (SSSR count). The second-order valence-corrected chi connectivity index (χ2v) is 9.93. The van der Waals surface area contributed by atoms with Crippen molar-refractivity contribution >= 4 is 33.8 Å². The number of hydrogen-bond acceptors (Lipinski definition) is 6. The van der Waals surface area contributed by atoms with Gasteiger partial charge in [0.15, 0.2) is 10.7 Å². The number of aryl methyl sites for hydroxylation is 1. The number of nitrogens with one attached hydrogen (secondary N) is 1. The Labute approximate surface area is 199 Å². The summed E-state index contributed by atoms with van der Waals surface area (Å²) in [6, 6.07) is 7.56. The van der Waals surface area contributed by atoms with Crippen LogP contribution in [0.25, 0.3) is 12.2 Å². The first-order valence-electron chi connectivity index (χ1n) is 10.7. The van der Waals surface area contributed by atoms with Gasteiger partial charge in [0, 0.05) is 24.7 Å². The zero-order chi connectivity index (χ0) is 25.2. The van der Waals surface area contributed by atoms with Crippen LogP contribution in [0.1, 0.15) is 35.6 Å². The van der Waals surface area contributed by atoms with E-state index in [1.165, 1.54) is 35.7 Å². The molecule has 0 aliphatic carbocycles. The summed E-state index contributed by atoms with van der Waals surface area (Å²) >= 11 is 0. The fraction of sp³-hybridized carbons (Fsp3) is 0.304. The predicted molar refractivity (Wildman–Crippen MR) is 120 cm³/mol. The van der Waals surface area contributed by atoms with Crippen molar-refractivity contribution in [2.45, 2.75) is 30.8 Å². The highest BCUT2D eigenvalue weighted by atomic mass is 32.2. The number of piperidine rings is 1. The molecule has 3 heterocycles. The Morgan fingerprint density at radius 2 is 1.83 bits per heavy atom. The molecule has 0 atom stereocenters. The van der Waals surface area contributed by atoms with Gasteiger partial charge in [0.05, 0.1) is 11.8 Å². The third-order valence-electron chi connectivity index (χ3n) is 5.68. The van der Waals surface area contributed by atoms with E-state index in [4.69, 9.17) is 8.94 Å². The van der Waals surface area contributed by atoms with Crippen LogP contribution in [0.5, 0.6) is 0 Å². The summed E-state index contributed by atoms with van der Waals surface area (Å²) in [4.78, 5) is 12.5. The average Bonchev–Trinajstić information content (AvgIpc) is 3.47. The third-order valence-corrected chi connectivity index (χ3v) is 7.74. The molecular formula is C23H22F3N3O5S. The van der Waals surface area contributed by atoms with E-state index in [-0.39, 0.29) is 53.9 Å². The number of amides is 1. The van der Waals surface area contributed by atoms with Gasteiger partial charge in [0.25, 0.3) is 0 Å². The van der Waals surface area contributed by atoms with Gasteiger partial charge in [0.1, 0.15) is 11.5 Å². The lowest BCUT2D eigenvalue weighted by Crippen LogP contribution is -2.41. The predicted octanol–water partition coefficient (Wildman–Crippen LogP) is 4.80. The maximum Gasteiger partial charge on any atom is 0.416 e. The largest absolute Gasteiger partial charge is 0.465 e. The fourth-order valence-corrected chi connectivity index (χ4v) is 5.54. The smallest absolute Gasteiger partial charge is 0.416 e. The molecule has 1 aliphatic heterocycles. The van der Waals surface area contributed by atoms with Crippen LogP contribution in [0.3, 0.4) is 0 Å². The number of aromatic nitrogens is 1. The van der Waals surface area contributed by atoms with Crippen molar-refractivity contribution in [3.8, 4) is 0 Å². The van der Waals surface area contributed by atoms with Crippen molar-refractivity contribution in [3.05, 3.63) is 65.4 Å². The molecule has 2 aromatic heterocycles. The highest BCUT2D eigenvalue weighted by Gasteiger charge is 2.36. The molecule has 8 nitrogen and oxygen atoms in total. The molecule has 0 radical (unpaired) electrons. The van der Waals surface area contributed by atoms with Crippen LogP contribution in [0.4, 0.5) is 18.9 Å². The Hall–Kier alpha value is -3.38. The summed E-state index contributed by atoms with van der Waals surface area (Å²) in [5.41, 5.74) is -0.353. The normalized spacial score (nSPS) is 16.1. The van der Waals surface area contributed by atoms with E-state index in [0.29, 0.717) is 5.76 Å². The number of anilines is 1. The first-order valence-corrected chi connectivity index (χ1v) is 12.2. The highest BCUT2D eigenvalue weighted by molar-refractivity contribution is 7.89. The van der Waals surface area contributed by atoms with Crippen LogP contribution in [0.15, 0.2) is 56.5 Å². The van der Waals surface area contributed by atoms with Crippen LogP contribution >= 0.6 is 0 Å². The summed E-state index contributed by atoms with van der Waals surface area (Å²) in [7, 11) is -3.94. The Morgan fingerprint density at radius 1 is 1.14 bits per heavy atom. The van der Waals surface area contributed by atoms with Crippen molar-refractivity contribution in [1.29, 1.82) is 0 Å². The van der Waals surface area contributed by atoms with Gasteiger partial charge in [-0.1, -0.05) is 5.16 Å². The standard InChI is InChI=1S/C23H22F3N3O5S/c1-15-21(20(34-28-15)9-8-19-3-2-14-33-19)35(31,32)29-12-10-16(11-13-29)22(30)27-18-6-4-17(5-7-18)23(24,25)26/h2-9,14,16H,10-13H2,1H3,(H,27,30)/b9-8+. The zero-order valence-corrected chi connectivity index (χ0v) is 19.4. The van der Waals surface area contributed by atoms with E-state index in [0.717, 1.165) is 12.1 Å². The summed E-state index contributed by atoms with van der Waals surface area (Å²) in [5.74, 6) is -0.265. The van der Waals surface area contributed by atoms with Gasteiger partial charge in [0.2, 0.25) is 15.9 Å². The molecule has 1 saturated heterocycles. The summed E-state index contributed by atoms with van der Waals surface area (Å²) in [6.45, 7) is 1.73. The summed E-state index contributed by atoms with van der Waals surface area (Å²) < 4.78 is 76.4. The van der Waals surface area contributed by atoms with Crippen LogP contribution in [-0.2, 0) is 21.0 Å². The molecule has 1 aliphatic rings. The molecule has 1 aromatic carbocycles. The summed E-state index contributed by atoms with van der Waals surface area (Å²) in [5, 5.41) is 6.39. The number of benzene rings is 1. The fourth-order valence-electron chi connectivity index (χ4n) is 3.82. The van der Waals surface area contributed by atoms with Crippen molar-refractivity contribution in [3.63, 3.8) is 0 Å². The minimum absolute atomic E-state index is 0.0482. The Bertz CT molecular complexity index is 1310. The molecule has 3 aromatic rings. The molecule has 0 spiro atoms. The van der Waals surface area contributed by atoms with Crippen molar-refractivity contribution < 1.29 is 35.3 Å².